The highest BCUT2D eigenvalue weighted by molar-refractivity contribution is 5.99. The van der Waals surface area contributed by atoms with E-state index in [4.69, 9.17) is 0 Å². The Balaban J connectivity index is 0.000000231. The van der Waals surface area contributed by atoms with E-state index in [-0.39, 0.29) is 11.2 Å². The molecule has 0 unspecified atom stereocenters. The first-order valence-corrected chi connectivity index (χ1v) is 7.93. The lowest BCUT2D eigenvalue weighted by Gasteiger charge is -2.17. The summed E-state index contributed by atoms with van der Waals surface area (Å²) in [5, 5.41) is 0. The molecule has 0 bridgehead atoms. The van der Waals surface area contributed by atoms with E-state index in [1.54, 1.807) is 24.5 Å². The topological polar surface area (TPSA) is 42.9 Å². The van der Waals surface area contributed by atoms with Gasteiger partial charge in [0.05, 0.1) is 0 Å². The number of ketones is 1. The molecule has 0 saturated carbocycles. The zero-order valence-electron chi connectivity index (χ0n) is 15.1. The van der Waals surface area contributed by atoms with Crippen molar-refractivity contribution in [1.82, 2.24) is 9.97 Å². The van der Waals surface area contributed by atoms with Crippen molar-refractivity contribution in [2.45, 2.75) is 48.0 Å². The highest BCUT2D eigenvalue weighted by Crippen LogP contribution is 2.20. The van der Waals surface area contributed by atoms with Crippen LogP contribution in [0.25, 0.3) is 0 Å². The second-order valence-electron chi connectivity index (χ2n) is 7.92. The van der Waals surface area contributed by atoms with E-state index >= 15 is 0 Å². The normalized spacial score (nSPS) is 11.4. The van der Waals surface area contributed by atoms with Crippen molar-refractivity contribution in [1.29, 1.82) is 0 Å². The zero-order valence-corrected chi connectivity index (χ0v) is 15.1. The number of nitrogens with zero attached hydrogens (tertiary/aromatic N) is 2. The van der Waals surface area contributed by atoms with Gasteiger partial charge in [-0.2, -0.15) is 0 Å². The first-order chi connectivity index (χ1) is 10.6. The third-order valence-electron chi connectivity index (χ3n) is 3.06. The van der Waals surface area contributed by atoms with Gasteiger partial charge >= 0.3 is 0 Å². The Morgan fingerprint density at radius 3 is 1.87 bits per heavy atom. The maximum absolute atomic E-state index is 11.6. The fourth-order valence-corrected chi connectivity index (χ4v) is 2.05. The number of pyridine rings is 2. The van der Waals surface area contributed by atoms with Gasteiger partial charge in [-0.25, -0.2) is 0 Å². The summed E-state index contributed by atoms with van der Waals surface area (Å²) in [5.41, 5.74) is 2.05. The van der Waals surface area contributed by atoms with E-state index in [1.165, 1.54) is 5.56 Å². The molecule has 124 valence electrons. The van der Waals surface area contributed by atoms with Crippen LogP contribution >= 0.6 is 0 Å². The number of Topliss-reactive ketones (excluding diaryl/α,β-unsaturated/α-hetero) is 1. The van der Waals surface area contributed by atoms with Crippen LogP contribution < -0.4 is 0 Å². The van der Waals surface area contributed by atoms with Gasteiger partial charge < -0.3 is 0 Å². The van der Waals surface area contributed by atoms with Crippen LogP contribution in [-0.4, -0.2) is 15.8 Å². The van der Waals surface area contributed by atoms with Crippen LogP contribution in [0.5, 0.6) is 0 Å². The summed E-state index contributed by atoms with van der Waals surface area (Å²) in [6, 6.07) is 7.68. The van der Waals surface area contributed by atoms with E-state index in [9.17, 15) is 4.79 Å². The summed E-state index contributed by atoms with van der Waals surface area (Å²) in [7, 11) is 0. The summed E-state index contributed by atoms with van der Waals surface area (Å²) in [6.07, 6.45) is 8.12. The Bertz CT molecular complexity index is 593. The summed E-state index contributed by atoms with van der Waals surface area (Å²) < 4.78 is 0. The fraction of sp³-hybridized carbons (Fsp3) is 0.450. The van der Waals surface area contributed by atoms with Gasteiger partial charge in [0, 0.05) is 35.8 Å². The smallest absolute Gasteiger partial charge is 0.169 e. The third kappa shape index (κ3) is 7.68. The van der Waals surface area contributed by atoms with E-state index in [1.807, 2.05) is 39.2 Å². The summed E-state index contributed by atoms with van der Waals surface area (Å²) in [4.78, 5) is 19.6. The maximum atomic E-state index is 11.6. The molecule has 2 heterocycles. The predicted molar refractivity (Wildman–Crippen MR) is 95.4 cm³/mol. The van der Waals surface area contributed by atoms with Crippen molar-refractivity contribution in [3.05, 3.63) is 60.2 Å². The van der Waals surface area contributed by atoms with Crippen LogP contribution in [0.15, 0.2) is 49.1 Å². The highest BCUT2D eigenvalue weighted by Gasteiger charge is 2.22. The molecule has 0 N–H and O–H groups in total. The van der Waals surface area contributed by atoms with Gasteiger partial charge in [0.2, 0.25) is 0 Å². The third-order valence-corrected chi connectivity index (χ3v) is 3.06. The second-order valence-corrected chi connectivity index (χ2v) is 7.92. The van der Waals surface area contributed by atoms with Gasteiger partial charge in [-0.3, -0.25) is 14.8 Å². The van der Waals surface area contributed by atoms with E-state index < -0.39 is 0 Å². The van der Waals surface area contributed by atoms with Crippen molar-refractivity contribution in [2.75, 3.05) is 0 Å². The van der Waals surface area contributed by atoms with Gasteiger partial charge in [0.25, 0.3) is 0 Å². The Morgan fingerprint density at radius 1 is 0.913 bits per heavy atom. The van der Waals surface area contributed by atoms with E-state index in [0.29, 0.717) is 11.0 Å². The molecule has 3 heteroatoms. The van der Waals surface area contributed by atoms with Crippen LogP contribution in [0, 0.1) is 10.8 Å². The molecule has 0 aliphatic carbocycles. The van der Waals surface area contributed by atoms with Crippen LogP contribution in [0.1, 0.15) is 57.5 Å². The SMILES string of the molecule is CC(C)(C)C(=O)c1cccnc1.CC(C)(C)Cc1cccnc1. The highest BCUT2D eigenvalue weighted by atomic mass is 16.1. The van der Waals surface area contributed by atoms with Crippen LogP contribution in [0.2, 0.25) is 0 Å². The molecule has 2 aromatic rings. The summed E-state index contributed by atoms with van der Waals surface area (Å²) in [5.74, 6) is 0.135. The first kappa shape index (κ1) is 19.0. The standard InChI is InChI=1S/C10H13NO.C10H15N/c1-10(2,3)9(12)8-5-4-6-11-7-8;1-10(2,3)7-9-5-4-6-11-8-9/h4-7H,1-3H3;4-6,8H,7H2,1-3H3. The van der Waals surface area contributed by atoms with Crippen molar-refractivity contribution >= 4 is 5.78 Å². The Morgan fingerprint density at radius 2 is 1.48 bits per heavy atom. The molecule has 0 radical (unpaired) electrons. The minimum absolute atomic E-state index is 0.135. The van der Waals surface area contributed by atoms with Crippen molar-refractivity contribution in [3.8, 4) is 0 Å². The molecule has 0 saturated heterocycles. The quantitative estimate of drug-likeness (QED) is 0.734. The number of hydrogen-bond donors (Lipinski definition) is 0. The number of carbonyl (C=O) groups excluding carboxylic acids is 1. The average Bonchev–Trinajstić information content (AvgIpc) is 2.46. The molecular formula is C20H28N2O. The van der Waals surface area contributed by atoms with Gasteiger partial charge in [-0.15, -0.1) is 0 Å². The number of rotatable bonds is 2. The molecule has 0 aromatic carbocycles. The van der Waals surface area contributed by atoms with Crippen LogP contribution in [-0.2, 0) is 6.42 Å². The van der Waals surface area contributed by atoms with Gasteiger partial charge in [-0.1, -0.05) is 47.6 Å². The zero-order chi connectivity index (χ0) is 17.5. The first-order valence-electron chi connectivity index (χ1n) is 7.93. The predicted octanol–water partition coefficient (Wildman–Crippen LogP) is 4.98. The lowest BCUT2D eigenvalue weighted by atomic mass is 9.87. The van der Waals surface area contributed by atoms with Crippen molar-refractivity contribution in [2.24, 2.45) is 10.8 Å². The number of aromatic nitrogens is 2. The lowest BCUT2D eigenvalue weighted by molar-refractivity contribution is 0.0858. The molecule has 0 amide bonds. The van der Waals surface area contributed by atoms with Crippen LogP contribution in [0.4, 0.5) is 0 Å². The molecule has 0 fully saturated rings. The number of carbonyl (C=O) groups is 1. The largest absolute Gasteiger partial charge is 0.294 e. The van der Waals surface area contributed by atoms with E-state index in [2.05, 4.69) is 36.8 Å². The Labute approximate surface area is 140 Å². The van der Waals surface area contributed by atoms with Crippen molar-refractivity contribution in [3.63, 3.8) is 0 Å². The van der Waals surface area contributed by atoms with Gasteiger partial charge in [-0.05, 0) is 35.6 Å². The molecule has 0 aliphatic rings. The summed E-state index contributed by atoms with van der Waals surface area (Å²) >= 11 is 0. The molecule has 23 heavy (non-hydrogen) atoms. The lowest BCUT2D eigenvalue weighted by Crippen LogP contribution is -2.20. The second kappa shape index (κ2) is 8.00. The molecular weight excluding hydrogens is 284 g/mol. The van der Waals surface area contributed by atoms with Crippen molar-refractivity contribution < 1.29 is 4.79 Å². The summed E-state index contributed by atoms with van der Waals surface area (Å²) in [6.45, 7) is 12.4. The average molecular weight is 312 g/mol. The minimum atomic E-state index is -0.316. The molecule has 0 atom stereocenters. The van der Waals surface area contributed by atoms with E-state index in [0.717, 1.165) is 6.42 Å². The minimum Gasteiger partial charge on any atom is -0.294 e. The molecule has 2 aromatic heterocycles. The molecule has 3 nitrogen and oxygen atoms in total. The van der Waals surface area contributed by atoms with Crippen LogP contribution in [0.3, 0.4) is 0 Å². The Hall–Kier alpha value is -2.03. The maximum Gasteiger partial charge on any atom is 0.169 e. The van der Waals surface area contributed by atoms with Gasteiger partial charge in [0.15, 0.2) is 5.78 Å². The number of hydrogen-bond acceptors (Lipinski definition) is 3. The molecule has 0 aliphatic heterocycles. The van der Waals surface area contributed by atoms with Gasteiger partial charge in [0.1, 0.15) is 0 Å². The molecule has 2 rings (SSSR count). The fourth-order valence-electron chi connectivity index (χ4n) is 2.05. The Kier molecular flexibility index (Phi) is 6.62. The molecule has 0 spiro atoms. The monoisotopic (exact) mass is 312 g/mol.